The minimum atomic E-state index is -0.0816. The summed E-state index contributed by atoms with van der Waals surface area (Å²) in [6, 6.07) is 15.2. The summed E-state index contributed by atoms with van der Waals surface area (Å²) in [5, 5.41) is 0.627. The molecule has 1 aromatic heterocycles. The molecule has 2 aromatic carbocycles. The van der Waals surface area contributed by atoms with Gasteiger partial charge in [0.1, 0.15) is 18.2 Å². The number of para-hydroxylation sites is 1. The van der Waals surface area contributed by atoms with Crippen LogP contribution in [0, 0.1) is 0 Å². The zero-order valence-corrected chi connectivity index (χ0v) is 15.6. The van der Waals surface area contributed by atoms with Gasteiger partial charge in [0.25, 0.3) is 5.56 Å². The van der Waals surface area contributed by atoms with Gasteiger partial charge in [-0.2, -0.15) is 0 Å². The number of H-pyrrole nitrogens is 1. The Morgan fingerprint density at radius 2 is 1.88 bits per heavy atom. The SMILES string of the molecule is CN(CCOc1ccc(Br)cc1)CCc1nc2ccccc2c(=O)[nH]1. The van der Waals surface area contributed by atoms with Crippen LogP contribution in [0.3, 0.4) is 0 Å². The van der Waals surface area contributed by atoms with Gasteiger partial charge in [-0.15, -0.1) is 0 Å². The van der Waals surface area contributed by atoms with Crippen LogP contribution in [0.2, 0.25) is 0 Å². The first kappa shape index (κ1) is 17.6. The minimum Gasteiger partial charge on any atom is -0.492 e. The molecule has 0 fully saturated rings. The third-order valence-electron chi connectivity index (χ3n) is 3.95. The second kappa shape index (κ2) is 8.27. The molecule has 0 atom stereocenters. The molecule has 0 aliphatic carbocycles. The van der Waals surface area contributed by atoms with Crippen molar-refractivity contribution < 1.29 is 4.74 Å². The van der Waals surface area contributed by atoms with E-state index in [2.05, 4.69) is 30.8 Å². The Labute approximate surface area is 154 Å². The van der Waals surface area contributed by atoms with E-state index in [1.165, 1.54) is 0 Å². The molecule has 3 aromatic rings. The van der Waals surface area contributed by atoms with Crippen LogP contribution in [0.15, 0.2) is 57.8 Å². The highest BCUT2D eigenvalue weighted by atomic mass is 79.9. The Morgan fingerprint density at radius 1 is 1.12 bits per heavy atom. The predicted molar refractivity (Wildman–Crippen MR) is 103 cm³/mol. The lowest BCUT2D eigenvalue weighted by Gasteiger charge is -2.16. The molecule has 0 amide bonds. The van der Waals surface area contributed by atoms with Gasteiger partial charge in [0, 0.05) is 24.0 Å². The summed E-state index contributed by atoms with van der Waals surface area (Å²) in [4.78, 5) is 21.6. The van der Waals surface area contributed by atoms with E-state index < -0.39 is 0 Å². The fourth-order valence-corrected chi connectivity index (χ4v) is 2.78. The maximum absolute atomic E-state index is 12.1. The van der Waals surface area contributed by atoms with Crippen molar-refractivity contribution in [3.05, 3.63) is 69.2 Å². The first-order valence-corrected chi connectivity index (χ1v) is 8.96. The Kier molecular flexibility index (Phi) is 5.83. The zero-order chi connectivity index (χ0) is 17.6. The molecule has 0 saturated carbocycles. The number of aromatic amines is 1. The number of nitrogens with zero attached hydrogens (tertiary/aromatic N) is 2. The highest BCUT2D eigenvalue weighted by Gasteiger charge is 2.05. The van der Waals surface area contributed by atoms with E-state index in [1.54, 1.807) is 6.07 Å². The third-order valence-corrected chi connectivity index (χ3v) is 4.48. The molecular weight excluding hydrogens is 382 g/mol. The number of nitrogens with one attached hydrogen (secondary N) is 1. The summed E-state index contributed by atoms with van der Waals surface area (Å²) in [7, 11) is 2.03. The predicted octanol–water partition coefficient (Wildman–Crippen LogP) is 3.24. The van der Waals surface area contributed by atoms with Gasteiger partial charge in [-0.1, -0.05) is 28.1 Å². The van der Waals surface area contributed by atoms with Crippen LogP contribution in [0.5, 0.6) is 5.75 Å². The zero-order valence-electron chi connectivity index (χ0n) is 14.0. The second-order valence-electron chi connectivity index (χ2n) is 5.89. The van der Waals surface area contributed by atoms with Gasteiger partial charge in [-0.05, 0) is 43.4 Å². The van der Waals surface area contributed by atoms with Crippen molar-refractivity contribution in [1.82, 2.24) is 14.9 Å². The summed E-state index contributed by atoms with van der Waals surface area (Å²) in [6.45, 7) is 2.21. The number of benzene rings is 2. The first-order valence-electron chi connectivity index (χ1n) is 8.17. The van der Waals surface area contributed by atoms with Crippen molar-refractivity contribution in [3.63, 3.8) is 0 Å². The quantitative estimate of drug-likeness (QED) is 0.659. The van der Waals surface area contributed by atoms with Crippen LogP contribution >= 0.6 is 15.9 Å². The maximum atomic E-state index is 12.1. The molecule has 0 radical (unpaired) electrons. The van der Waals surface area contributed by atoms with Crippen molar-refractivity contribution in [1.29, 1.82) is 0 Å². The molecule has 3 rings (SSSR count). The molecule has 25 heavy (non-hydrogen) atoms. The molecule has 0 aliphatic rings. The number of likely N-dealkylation sites (N-methyl/N-ethyl adjacent to an activating group) is 1. The number of fused-ring (bicyclic) bond motifs is 1. The summed E-state index contributed by atoms with van der Waals surface area (Å²) in [6.07, 6.45) is 0.689. The molecule has 5 nitrogen and oxygen atoms in total. The number of ether oxygens (including phenoxy) is 1. The average Bonchev–Trinajstić information content (AvgIpc) is 2.62. The van der Waals surface area contributed by atoms with Crippen LogP contribution in [0.1, 0.15) is 5.82 Å². The lowest BCUT2D eigenvalue weighted by Crippen LogP contribution is -2.27. The Hall–Kier alpha value is -2.18. The smallest absolute Gasteiger partial charge is 0.258 e. The van der Waals surface area contributed by atoms with E-state index in [0.717, 1.165) is 28.8 Å². The normalized spacial score (nSPS) is 11.2. The van der Waals surface area contributed by atoms with Crippen molar-refractivity contribution >= 4 is 26.8 Å². The van der Waals surface area contributed by atoms with Crippen molar-refractivity contribution in [2.24, 2.45) is 0 Å². The minimum absolute atomic E-state index is 0.0816. The Morgan fingerprint density at radius 3 is 2.68 bits per heavy atom. The highest BCUT2D eigenvalue weighted by molar-refractivity contribution is 9.10. The molecule has 130 valence electrons. The number of hydrogen-bond acceptors (Lipinski definition) is 4. The van der Waals surface area contributed by atoms with Crippen LogP contribution in [0.4, 0.5) is 0 Å². The van der Waals surface area contributed by atoms with E-state index in [1.807, 2.05) is 49.5 Å². The van der Waals surface area contributed by atoms with Gasteiger partial charge in [-0.3, -0.25) is 4.79 Å². The molecule has 0 saturated heterocycles. The van der Waals surface area contributed by atoms with Gasteiger partial charge < -0.3 is 14.6 Å². The molecule has 0 spiro atoms. The summed E-state index contributed by atoms with van der Waals surface area (Å²) < 4.78 is 6.76. The maximum Gasteiger partial charge on any atom is 0.258 e. The molecule has 6 heteroatoms. The van der Waals surface area contributed by atoms with Gasteiger partial charge in [0.05, 0.1) is 10.9 Å². The average molecular weight is 402 g/mol. The molecule has 0 bridgehead atoms. The van der Waals surface area contributed by atoms with Crippen LogP contribution in [-0.2, 0) is 6.42 Å². The lowest BCUT2D eigenvalue weighted by molar-refractivity contribution is 0.238. The van der Waals surface area contributed by atoms with Gasteiger partial charge in [0.15, 0.2) is 0 Å². The van der Waals surface area contributed by atoms with E-state index in [4.69, 9.17) is 4.74 Å². The topological polar surface area (TPSA) is 58.2 Å². The lowest BCUT2D eigenvalue weighted by atomic mass is 10.2. The van der Waals surface area contributed by atoms with E-state index in [-0.39, 0.29) is 5.56 Å². The van der Waals surface area contributed by atoms with E-state index in [9.17, 15) is 4.79 Å². The van der Waals surface area contributed by atoms with Gasteiger partial charge in [0.2, 0.25) is 0 Å². The first-order chi connectivity index (χ1) is 12.1. The number of aromatic nitrogens is 2. The molecule has 0 unspecified atom stereocenters. The monoisotopic (exact) mass is 401 g/mol. The second-order valence-corrected chi connectivity index (χ2v) is 6.80. The van der Waals surface area contributed by atoms with E-state index >= 15 is 0 Å². The summed E-state index contributed by atoms with van der Waals surface area (Å²) in [5.74, 6) is 1.57. The molecule has 1 heterocycles. The largest absolute Gasteiger partial charge is 0.492 e. The summed E-state index contributed by atoms with van der Waals surface area (Å²) in [5.41, 5.74) is 0.657. The van der Waals surface area contributed by atoms with Crippen molar-refractivity contribution in [2.75, 3.05) is 26.7 Å². The van der Waals surface area contributed by atoms with Crippen LogP contribution in [-0.4, -0.2) is 41.6 Å². The van der Waals surface area contributed by atoms with Crippen molar-refractivity contribution in [3.8, 4) is 5.75 Å². The standard InChI is InChI=1S/C19H20BrN3O2/c1-23(12-13-25-15-8-6-14(20)7-9-15)11-10-18-21-17-5-3-2-4-16(17)19(24)22-18/h2-9H,10-13H2,1H3,(H,21,22,24). The number of halogens is 1. The number of hydrogen-bond donors (Lipinski definition) is 1. The summed E-state index contributed by atoms with van der Waals surface area (Å²) >= 11 is 3.40. The Balaban J connectivity index is 1.49. The highest BCUT2D eigenvalue weighted by Crippen LogP contribution is 2.15. The molecule has 0 aliphatic heterocycles. The third kappa shape index (κ3) is 4.90. The molecule has 1 N–H and O–H groups in total. The Bertz CT molecular complexity index is 893. The van der Waals surface area contributed by atoms with Gasteiger partial charge in [-0.25, -0.2) is 4.98 Å². The van der Waals surface area contributed by atoms with Crippen molar-refractivity contribution in [2.45, 2.75) is 6.42 Å². The fraction of sp³-hybridized carbons (Fsp3) is 0.263. The van der Waals surface area contributed by atoms with Gasteiger partial charge >= 0.3 is 0 Å². The van der Waals surface area contributed by atoms with Crippen LogP contribution in [0.25, 0.3) is 10.9 Å². The molecular formula is C19H20BrN3O2. The number of rotatable bonds is 7. The van der Waals surface area contributed by atoms with Crippen LogP contribution < -0.4 is 10.3 Å². The van der Waals surface area contributed by atoms with E-state index in [0.29, 0.717) is 24.2 Å². The fourth-order valence-electron chi connectivity index (χ4n) is 2.51.